The van der Waals surface area contributed by atoms with E-state index in [1.54, 1.807) is 6.92 Å². The predicted octanol–water partition coefficient (Wildman–Crippen LogP) is 0.272. The standard InChI is InChI=1S/C13H18N2O4S/c1-2-19-13(16)9-20(17,18)15-6-10-3-4-11-7-14-8-12(11)5-10/h3-5,14-15H,2,6-9H2,1H3. The predicted molar refractivity (Wildman–Crippen MR) is 74.2 cm³/mol. The summed E-state index contributed by atoms with van der Waals surface area (Å²) in [6.45, 7) is 3.64. The number of nitrogens with one attached hydrogen (secondary N) is 2. The van der Waals surface area contributed by atoms with Gasteiger partial charge in [-0.25, -0.2) is 13.1 Å². The third-order valence-corrected chi connectivity index (χ3v) is 4.21. The van der Waals surface area contributed by atoms with Crippen molar-refractivity contribution in [1.29, 1.82) is 0 Å². The Kier molecular flexibility index (Phi) is 4.74. The molecule has 1 heterocycles. The van der Waals surface area contributed by atoms with Gasteiger partial charge in [0.05, 0.1) is 6.61 Å². The third kappa shape index (κ3) is 4.03. The summed E-state index contributed by atoms with van der Waals surface area (Å²) in [7, 11) is -3.66. The molecule has 20 heavy (non-hydrogen) atoms. The lowest BCUT2D eigenvalue weighted by Crippen LogP contribution is -2.30. The van der Waals surface area contributed by atoms with E-state index < -0.39 is 21.7 Å². The average Bonchev–Trinajstić information content (AvgIpc) is 2.83. The van der Waals surface area contributed by atoms with Crippen molar-refractivity contribution in [2.75, 3.05) is 12.4 Å². The molecule has 110 valence electrons. The van der Waals surface area contributed by atoms with Crippen molar-refractivity contribution in [3.05, 3.63) is 34.9 Å². The average molecular weight is 298 g/mol. The number of carbonyl (C=O) groups excluding carboxylic acids is 1. The first-order valence-corrected chi connectivity index (χ1v) is 8.10. The maximum absolute atomic E-state index is 11.7. The van der Waals surface area contributed by atoms with Gasteiger partial charge in [0.25, 0.3) is 0 Å². The SMILES string of the molecule is CCOC(=O)CS(=O)(=O)NCc1ccc2c(c1)CNC2. The molecule has 1 aromatic carbocycles. The van der Waals surface area contributed by atoms with E-state index in [0.29, 0.717) is 0 Å². The highest BCUT2D eigenvalue weighted by Crippen LogP contribution is 2.17. The molecule has 1 aliphatic heterocycles. The molecule has 0 aromatic heterocycles. The van der Waals surface area contributed by atoms with Crippen molar-refractivity contribution in [2.24, 2.45) is 0 Å². The molecule has 0 aliphatic carbocycles. The number of esters is 1. The molecule has 1 aromatic rings. The molecule has 1 aliphatic rings. The van der Waals surface area contributed by atoms with Crippen LogP contribution < -0.4 is 10.0 Å². The molecule has 0 saturated carbocycles. The number of fused-ring (bicyclic) bond motifs is 1. The first-order valence-electron chi connectivity index (χ1n) is 6.44. The second kappa shape index (κ2) is 6.34. The van der Waals surface area contributed by atoms with Crippen LogP contribution in [0.1, 0.15) is 23.6 Å². The number of hydrogen-bond acceptors (Lipinski definition) is 5. The Balaban J connectivity index is 1.93. The van der Waals surface area contributed by atoms with Crippen LogP contribution in [0.3, 0.4) is 0 Å². The molecule has 0 spiro atoms. The fraction of sp³-hybridized carbons (Fsp3) is 0.462. The van der Waals surface area contributed by atoms with E-state index in [4.69, 9.17) is 0 Å². The smallest absolute Gasteiger partial charge is 0.322 e. The summed E-state index contributed by atoms with van der Waals surface area (Å²) in [5.74, 6) is -1.38. The van der Waals surface area contributed by atoms with Gasteiger partial charge in [-0.05, 0) is 23.6 Å². The van der Waals surface area contributed by atoms with Crippen molar-refractivity contribution < 1.29 is 17.9 Å². The quantitative estimate of drug-likeness (QED) is 0.737. The van der Waals surface area contributed by atoms with E-state index >= 15 is 0 Å². The molecule has 0 radical (unpaired) electrons. The van der Waals surface area contributed by atoms with Crippen LogP contribution in [0.4, 0.5) is 0 Å². The fourth-order valence-electron chi connectivity index (χ4n) is 2.06. The molecule has 7 heteroatoms. The van der Waals surface area contributed by atoms with Gasteiger partial charge in [0.1, 0.15) is 0 Å². The summed E-state index contributed by atoms with van der Waals surface area (Å²) < 4.78 is 30.4. The van der Waals surface area contributed by atoms with Crippen molar-refractivity contribution in [3.8, 4) is 0 Å². The monoisotopic (exact) mass is 298 g/mol. The molecular formula is C13H18N2O4S. The van der Waals surface area contributed by atoms with Gasteiger partial charge in [0.15, 0.2) is 5.75 Å². The first kappa shape index (κ1) is 15.0. The van der Waals surface area contributed by atoms with Crippen molar-refractivity contribution in [2.45, 2.75) is 26.6 Å². The minimum atomic E-state index is -3.66. The number of hydrogen-bond donors (Lipinski definition) is 2. The van der Waals surface area contributed by atoms with Gasteiger partial charge in [-0.15, -0.1) is 0 Å². The molecule has 0 saturated heterocycles. The van der Waals surface area contributed by atoms with Crippen LogP contribution in [0, 0.1) is 0 Å². The molecule has 2 rings (SSSR count). The molecule has 0 fully saturated rings. The number of benzene rings is 1. The fourth-order valence-corrected chi connectivity index (χ4v) is 2.94. The molecule has 0 bridgehead atoms. The van der Waals surface area contributed by atoms with Gasteiger partial charge in [-0.2, -0.15) is 0 Å². The second-order valence-electron chi connectivity index (χ2n) is 4.59. The summed E-state index contributed by atoms with van der Waals surface area (Å²) in [6.07, 6.45) is 0. The highest BCUT2D eigenvalue weighted by atomic mass is 32.2. The Morgan fingerprint density at radius 3 is 2.85 bits per heavy atom. The third-order valence-electron chi connectivity index (χ3n) is 3.01. The van der Waals surface area contributed by atoms with Crippen LogP contribution in [0.5, 0.6) is 0 Å². The Bertz CT molecular complexity index is 598. The lowest BCUT2D eigenvalue weighted by molar-refractivity contribution is -0.139. The maximum Gasteiger partial charge on any atom is 0.322 e. The van der Waals surface area contributed by atoms with Gasteiger partial charge in [-0.3, -0.25) is 4.79 Å². The first-order chi connectivity index (χ1) is 9.50. The second-order valence-corrected chi connectivity index (χ2v) is 6.40. The zero-order valence-electron chi connectivity index (χ0n) is 11.3. The van der Waals surface area contributed by atoms with E-state index in [1.807, 2.05) is 18.2 Å². The number of rotatable bonds is 6. The zero-order valence-corrected chi connectivity index (χ0v) is 12.1. The Labute approximate surface area is 118 Å². The van der Waals surface area contributed by atoms with Crippen LogP contribution >= 0.6 is 0 Å². The topological polar surface area (TPSA) is 84.5 Å². The van der Waals surface area contributed by atoms with E-state index in [1.165, 1.54) is 11.1 Å². The summed E-state index contributed by atoms with van der Waals surface area (Å²) in [5.41, 5.74) is 3.30. The normalized spacial score (nSPS) is 14.1. The molecule has 2 N–H and O–H groups in total. The maximum atomic E-state index is 11.7. The largest absolute Gasteiger partial charge is 0.465 e. The van der Waals surface area contributed by atoms with Crippen LogP contribution in [0.15, 0.2) is 18.2 Å². The van der Waals surface area contributed by atoms with Crippen molar-refractivity contribution >= 4 is 16.0 Å². The minimum absolute atomic E-state index is 0.173. The van der Waals surface area contributed by atoms with Gasteiger partial charge >= 0.3 is 5.97 Å². The van der Waals surface area contributed by atoms with E-state index in [-0.39, 0.29) is 13.2 Å². The highest BCUT2D eigenvalue weighted by Gasteiger charge is 2.17. The highest BCUT2D eigenvalue weighted by molar-refractivity contribution is 7.90. The Morgan fingerprint density at radius 1 is 1.35 bits per heavy atom. The molecule has 6 nitrogen and oxygen atoms in total. The lowest BCUT2D eigenvalue weighted by Gasteiger charge is -2.08. The van der Waals surface area contributed by atoms with Crippen LogP contribution in [-0.4, -0.2) is 26.7 Å². The van der Waals surface area contributed by atoms with Crippen molar-refractivity contribution in [3.63, 3.8) is 0 Å². The molecule has 0 unspecified atom stereocenters. The van der Waals surface area contributed by atoms with Gasteiger partial charge in [0, 0.05) is 19.6 Å². The molecular weight excluding hydrogens is 280 g/mol. The summed E-state index contributed by atoms with van der Waals surface area (Å²) in [4.78, 5) is 11.2. The summed E-state index contributed by atoms with van der Waals surface area (Å²) >= 11 is 0. The Morgan fingerprint density at radius 2 is 2.10 bits per heavy atom. The van der Waals surface area contributed by atoms with Gasteiger partial charge in [-0.1, -0.05) is 18.2 Å². The van der Waals surface area contributed by atoms with Crippen molar-refractivity contribution in [1.82, 2.24) is 10.0 Å². The van der Waals surface area contributed by atoms with Crippen LogP contribution in [0.2, 0.25) is 0 Å². The van der Waals surface area contributed by atoms with Crippen LogP contribution in [0.25, 0.3) is 0 Å². The number of ether oxygens (including phenoxy) is 1. The molecule has 0 amide bonds. The van der Waals surface area contributed by atoms with Gasteiger partial charge in [0.2, 0.25) is 10.0 Å². The Hall–Kier alpha value is -1.44. The number of sulfonamides is 1. The summed E-state index contributed by atoms with van der Waals surface area (Å²) in [5, 5.41) is 3.23. The number of carbonyl (C=O) groups is 1. The summed E-state index contributed by atoms with van der Waals surface area (Å²) in [6, 6.07) is 5.85. The van der Waals surface area contributed by atoms with Crippen LogP contribution in [-0.2, 0) is 39.2 Å². The zero-order chi connectivity index (χ0) is 14.6. The van der Waals surface area contributed by atoms with E-state index in [2.05, 4.69) is 14.8 Å². The molecule has 0 atom stereocenters. The lowest BCUT2D eigenvalue weighted by atomic mass is 10.1. The van der Waals surface area contributed by atoms with Gasteiger partial charge < -0.3 is 10.1 Å². The minimum Gasteiger partial charge on any atom is -0.465 e. The van der Waals surface area contributed by atoms with E-state index in [9.17, 15) is 13.2 Å². The van der Waals surface area contributed by atoms with E-state index in [0.717, 1.165) is 18.7 Å².